The zero-order valence-electron chi connectivity index (χ0n) is 18.0. The Bertz CT molecular complexity index is 1060. The molecule has 166 valence electrons. The van der Waals surface area contributed by atoms with E-state index in [-0.39, 0.29) is 17.9 Å². The van der Waals surface area contributed by atoms with Crippen molar-refractivity contribution in [3.63, 3.8) is 0 Å². The molecule has 0 bridgehead atoms. The Kier molecular flexibility index (Phi) is 6.50. The van der Waals surface area contributed by atoms with Gasteiger partial charge < -0.3 is 19.4 Å². The number of carbonyl (C=O) groups is 3. The highest BCUT2D eigenvalue weighted by molar-refractivity contribution is 7.99. The first-order chi connectivity index (χ1) is 15.5. The fourth-order valence-corrected chi connectivity index (χ4v) is 4.91. The third kappa shape index (κ3) is 4.23. The molecule has 8 heteroatoms. The van der Waals surface area contributed by atoms with Crippen LogP contribution >= 0.6 is 11.8 Å². The Labute approximate surface area is 191 Å². The minimum atomic E-state index is -0.347. The van der Waals surface area contributed by atoms with Gasteiger partial charge in [-0.2, -0.15) is 0 Å². The maximum Gasteiger partial charge on any atom is 0.409 e. The van der Waals surface area contributed by atoms with Crippen LogP contribution in [0.25, 0.3) is 0 Å². The summed E-state index contributed by atoms with van der Waals surface area (Å²) in [6, 6.07) is 13.0. The van der Waals surface area contributed by atoms with Gasteiger partial charge in [-0.25, -0.2) is 4.79 Å². The molecule has 0 spiro atoms. The van der Waals surface area contributed by atoms with Gasteiger partial charge in [-0.05, 0) is 37.3 Å². The number of piperazine rings is 1. The van der Waals surface area contributed by atoms with Gasteiger partial charge in [-0.3, -0.25) is 9.59 Å². The predicted octanol–water partition coefficient (Wildman–Crippen LogP) is 3.90. The molecule has 2 aliphatic rings. The molecule has 0 radical (unpaired) electrons. The van der Waals surface area contributed by atoms with Gasteiger partial charge in [-0.15, -0.1) is 6.58 Å². The van der Waals surface area contributed by atoms with E-state index in [9.17, 15) is 14.4 Å². The van der Waals surface area contributed by atoms with Gasteiger partial charge in [-0.1, -0.05) is 30.0 Å². The molecule has 0 atom stereocenters. The lowest BCUT2D eigenvalue weighted by Gasteiger charge is -2.34. The van der Waals surface area contributed by atoms with E-state index in [0.717, 1.165) is 9.79 Å². The highest BCUT2D eigenvalue weighted by atomic mass is 32.2. The van der Waals surface area contributed by atoms with Crippen molar-refractivity contribution >= 4 is 35.4 Å². The standard InChI is InChI=1S/C24H25N3O4S/c1-3-11-27-19-16-17(22(28)25-12-14-26(15-13-25)24(30)31-4-2)9-10-21(19)32-20-8-6-5-7-18(20)23(27)29/h3,5-10,16H,1,4,11-15H2,2H3. The maximum absolute atomic E-state index is 13.2. The molecule has 2 aliphatic heterocycles. The minimum absolute atomic E-state index is 0.112. The van der Waals surface area contributed by atoms with Gasteiger partial charge >= 0.3 is 6.09 Å². The third-order valence-corrected chi connectivity index (χ3v) is 6.62. The summed E-state index contributed by atoms with van der Waals surface area (Å²) < 4.78 is 5.04. The molecule has 1 fully saturated rings. The molecule has 2 aromatic rings. The van der Waals surface area contributed by atoms with E-state index in [0.29, 0.717) is 56.1 Å². The van der Waals surface area contributed by atoms with E-state index in [1.807, 2.05) is 30.3 Å². The van der Waals surface area contributed by atoms with Crippen LogP contribution in [0.4, 0.5) is 10.5 Å². The molecule has 7 nitrogen and oxygen atoms in total. The van der Waals surface area contributed by atoms with E-state index in [4.69, 9.17) is 4.74 Å². The molecule has 2 heterocycles. The Morgan fingerprint density at radius 2 is 1.78 bits per heavy atom. The SMILES string of the molecule is C=CCN1C(=O)c2ccccc2Sc2ccc(C(=O)N3CCN(C(=O)OCC)CC3)cc21. The van der Waals surface area contributed by atoms with Gasteiger partial charge in [0.25, 0.3) is 11.8 Å². The number of ether oxygens (including phenoxy) is 1. The molecule has 3 amide bonds. The summed E-state index contributed by atoms with van der Waals surface area (Å²) in [4.78, 5) is 45.2. The smallest absolute Gasteiger partial charge is 0.409 e. The monoisotopic (exact) mass is 451 g/mol. The highest BCUT2D eigenvalue weighted by Gasteiger charge is 2.29. The van der Waals surface area contributed by atoms with Crippen LogP contribution in [0.15, 0.2) is 64.9 Å². The average Bonchev–Trinajstić information content (AvgIpc) is 2.93. The fourth-order valence-electron chi connectivity index (χ4n) is 3.85. The van der Waals surface area contributed by atoms with Gasteiger partial charge in [0.1, 0.15) is 0 Å². The minimum Gasteiger partial charge on any atom is -0.450 e. The van der Waals surface area contributed by atoms with Crippen LogP contribution in [0.2, 0.25) is 0 Å². The average molecular weight is 452 g/mol. The van der Waals surface area contributed by atoms with Crippen molar-refractivity contribution < 1.29 is 19.1 Å². The van der Waals surface area contributed by atoms with E-state index < -0.39 is 0 Å². The van der Waals surface area contributed by atoms with Crippen molar-refractivity contribution in [1.82, 2.24) is 9.80 Å². The number of nitrogens with zero attached hydrogens (tertiary/aromatic N) is 3. The lowest BCUT2D eigenvalue weighted by Crippen LogP contribution is -2.50. The summed E-state index contributed by atoms with van der Waals surface area (Å²) in [5.41, 5.74) is 1.85. The van der Waals surface area contributed by atoms with Crippen LogP contribution in [0.3, 0.4) is 0 Å². The molecule has 0 aliphatic carbocycles. The van der Waals surface area contributed by atoms with Gasteiger partial charge in [0.2, 0.25) is 0 Å². The quantitative estimate of drug-likeness (QED) is 0.660. The van der Waals surface area contributed by atoms with Crippen LogP contribution in [0, 0.1) is 0 Å². The summed E-state index contributed by atoms with van der Waals surface area (Å²) in [6.07, 6.45) is 1.34. The second kappa shape index (κ2) is 9.48. The highest BCUT2D eigenvalue weighted by Crippen LogP contribution is 2.41. The third-order valence-electron chi connectivity index (χ3n) is 5.48. The van der Waals surface area contributed by atoms with E-state index in [1.54, 1.807) is 39.8 Å². The zero-order valence-corrected chi connectivity index (χ0v) is 18.8. The van der Waals surface area contributed by atoms with Crippen LogP contribution in [0.1, 0.15) is 27.6 Å². The van der Waals surface area contributed by atoms with Gasteiger partial charge in [0.05, 0.1) is 17.9 Å². The van der Waals surface area contributed by atoms with Crippen LogP contribution in [0.5, 0.6) is 0 Å². The van der Waals surface area contributed by atoms with E-state index in [2.05, 4.69) is 6.58 Å². The first kappa shape index (κ1) is 22.0. The van der Waals surface area contributed by atoms with Crippen molar-refractivity contribution in [2.45, 2.75) is 16.7 Å². The van der Waals surface area contributed by atoms with Gasteiger partial charge in [0, 0.05) is 48.1 Å². The number of hydrogen-bond donors (Lipinski definition) is 0. The van der Waals surface area contributed by atoms with Crippen molar-refractivity contribution in [2.75, 3.05) is 44.2 Å². The normalized spacial score (nSPS) is 15.5. The maximum atomic E-state index is 13.2. The number of benzene rings is 2. The molecule has 0 saturated carbocycles. The van der Waals surface area contributed by atoms with E-state index >= 15 is 0 Å². The van der Waals surface area contributed by atoms with Crippen LogP contribution in [-0.4, -0.2) is 67.0 Å². The Morgan fingerprint density at radius 1 is 1.06 bits per heavy atom. The number of rotatable bonds is 4. The van der Waals surface area contributed by atoms with Gasteiger partial charge in [0.15, 0.2) is 0 Å². The second-order valence-corrected chi connectivity index (χ2v) is 8.55. The Morgan fingerprint density at radius 3 is 2.50 bits per heavy atom. The molecule has 0 N–H and O–H groups in total. The number of carbonyl (C=O) groups excluding carboxylic acids is 3. The molecule has 4 rings (SSSR count). The molecule has 0 aromatic heterocycles. The summed E-state index contributed by atoms with van der Waals surface area (Å²) >= 11 is 1.52. The Balaban J connectivity index is 1.58. The van der Waals surface area contributed by atoms with Crippen LogP contribution < -0.4 is 4.90 Å². The second-order valence-electron chi connectivity index (χ2n) is 7.46. The Hall–Kier alpha value is -3.26. The molecular weight excluding hydrogens is 426 g/mol. The van der Waals surface area contributed by atoms with Crippen LogP contribution in [-0.2, 0) is 4.74 Å². The zero-order chi connectivity index (χ0) is 22.7. The molecule has 0 unspecified atom stereocenters. The number of fused-ring (bicyclic) bond motifs is 2. The molecule has 32 heavy (non-hydrogen) atoms. The van der Waals surface area contributed by atoms with Crippen molar-refractivity contribution in [3.05, 3.63) is 66.2 Å². The predicted molar refractivity (Wildman–Crippen MR) is 123 cm³/mol. The molecule has 2 aromatic carbocycles. The van der Waals surface area contributed by atoms with Crippen molar-refractivity contribution in [1.29, 1.82) is 0 Å². The lowest BCUT2D eigenvalue weighted by molar-refractivity contribution is 0.0570. The summed E-state index contributed by atoms with van der Waals surface area (Å²) in [5.74, 6) is -0.228. The largest absolute Gasteiger partial charge is 0.450 e. The first-order valence-electron chi connectivity index (χ1n) is 10.6. The number of amides is 3. The topological polar surface area (TPSA) is 70.2 Å². The summed E-state index contributed by atoms with van der Waals surface area (Å²) in [6.45, 7) is 7.97. The number of anilines is 1. The molecular formula is C24H25N3O4S. The molecule has 1 saturated heterocycles. The first-order valence-corrected chi connectivity index (χ1v) is 11.4. The summed E-state index contributed by atoms with van der Waals surface area (Å²) in [7, 11) is 0. The van der Waals surface area contributed by atoms with Crippen molar-refractivity contribution in [2.24, 2.45) is 0 Å². The van der Waals surface area contributed by atoms with E-state index in [1.165, 1.54) is 11.8 Å². The van der Waals surface area contributed by atoms with Crippen molar-refractivity contribution in [3.8, 4) is 0 Å². The fraction of sp³-hybridized carbons (Fsp3) is 0.292. The number of hydrogen-bond acceptors (Lipinski definition) is 5. The summed E-state index contributed by atoms with van der Waals surface area (Å²) in [5, 5.41) is 0. The lowest BCUT2D eigenvalue weighted by atomic mass is 10.1.